The molecule has 18 aliphatic rings. The van der Waals surface area contributed by atoms with Crippen molar-refractivity contribution in [2.24, 2.45) is 96.6 Å². The van der Waals surface area contributed by atoms with Gasteiger partial charge in [0.2, 0.25) is 0 Å². The van der Waals surface area contributed by atoms with Gasteiger partial charge in [-0.05, 0) is 254 Å². The zero-order valence-corrected chi connectivity index (χ0v) is 55.8. The molecule has 6 heterocycles. The van der Waals surface area contributed by atoms with Crippen LogP contribution < -0.4 is 21.1 Å². The third kappa shape index (κ3) is 8.08. The quantitative estimate of drug-likeness (QED) is 0.107. The zero-order valence-electron chi connectivity index (χ0n) is 55.8. The van der Waals surface area contributed by atoms with E-state index >= 15 is 4.79 Å². The van der Waals surface area contributed by atoms with Gasteiger partial charge in [0.1, 0.15) is 0 Å². The van der Waals surface area contributed by atoms with Gasteiger partial charge in [-0.2, -0.15) is 0 Å². The Morgan fingerprint density at radius 1 is 0.804 bits per heavy atom. The number of aliphatic hydroxyl groups is 3. The number of benzene rings is 3. The molecule has 16 bridgehead atoms. The van der Waals surface area contributed by atoms with Crippen molar-refractivity contribution < 1.29 is 25.2 Å². The first kappa shape index (κ1) is 60.1. The molecular weight excluding hydrogens is 1130 g/mol. The number of aliphatic hydroxyl groups excluding tert-OH is 3. The molecule has 0 unspecified atom stereocenters. The van der Waals surface area contributed by atoms with Gasteiger partial charge in [-0.15, -0.1) is 0 Å². The molecule has 6 aliphatic heterocycles. The minimum Gasteiger partial charge on any atom is -0.516 e. The standard InChI is InChI=1S/C85H104N2O5/c1-53(2)41-63-29-33-78(3)73(89)32-36-83-69-45-59-20-11-12-22-65(59)66-44-55-17-13-21-58(43-55)60-25-27-75(87-51-60)86-40-14-23-64(57-18-9-6-10-19-57)61(52-88)24-26-68(76(91)92)84-37-31-72-80(34-28-56(47-80)42-54-15-7-5-8-16-54)38-39-82(72)35-30-62-46-70(83)71(49-81(63,77(78)83)48-67(66)69)85(82,50-74(84)90)79(62,84)4/h5,7-8,11-13,15-17,20-22,25,27,29,31,37,43,45,48,52-53,56-57,62,64,68-69,72-74,77,86-90H,6,9-10,14,18-19,23-24,26,28,30,32-36,38-42,44,46-47,49-51H2,1-4H3,(H,91,92)/b61-52+/t56-,62-,64-,68-,69-,72+,73-,74+,77+,78+,79+,80+,81+,82+,83-,84-,85+/m0/s1. The van der Waals surface area contributed by atoms with Crippen molar-refractivity contribution in [1.82, 2.24) is 10.6 Å². The van der Waals surface area contributed by atoms with Gasteiger partial charge >= 0.3 is 5.97 Å². The van der Waals surface area contributed by atoms with Crippen LogP contribution in [0.3, 0.4) is 0 Å². The maximum Gasteiger partial charge on any atom is 0.307 e. The zero-order chi connectivity index (χ0) is 62.8. The van der Waals surface area contributed by atoms with Crippen LogP contribution in [0.2, 0.25) is 0 Å². The monoisotopic (exact) mass is 1230 g/mol. The Morgan fingerprint density at radius 2 is 1.64 bits per heavy atom. The lowest BCUT2D eigenvalue weighted by Crippen LogP contribution is -2.72. The number of fused-ring (bicyclic) bond motifs is 2. The van der Waals surface area contributed by atoms with Crippen LogP contribution in [-0.4, -0.2) is 51.7 Å². The first-order chi connectivity index (χ1) is 44.6. The third-order valence-corrected chi connectivity index (χ3v) is 30.4. The van der Waals surface area contributed by atoms with E-state index in [4.69, 9.17) is 0 Å². The van der Waals surface area contributed by atoms with E-state index in [-0.39, 0.29) is 51.2 Å². The highest BCUT2D eigenvalue weighted by Crippen LogP contribution is 2.92. The minimum atomic E-state index is -1.05. The molecule has 0 radical (unpaired) electrons. The predicted octanol–water partition coefficient (Wildman–Crippen LogP) is 16.1. The number of carbonyl (C=O) groups is 1. The largest absolute Gasteiger partial charge is 0.516 e. The van der Waals surface area contributed by atoms with Crippen molar-refractivity contribution in [3.63, 3.8) is 0 Å². The fraction of sp³-hybridized carbons (Fsp3) is 0.588. The van der Waals surface area contributed by atoms with Crippen molar-refractivity contribution in [2.75, 3.05) is 13.1 Å². The molecular formula is C85H104N2O5. The minimum absolute atomic E-state index is 0.0766. The molecule has 7 heteroatoms. The Labute approximate surface area is 548 Å². The van der Waals surface area contributed by atoms with Crippen LogP contribution in [0.1, 0.15) is 192 Å². The molecule has 6 fully saturated rings. The van der Waals surface area contributed by atoms with Crippen LogP contribution in [0.4, 0.5) is 0 Å². The molecule has 0 amide bonds. The highest BCUT2D eigenvalue weighted by Gasteiger charge is 2.87. The van der Waals surface area contributed by atoms with Gasteiger partial charge in [-0.3, -0.25) is 4.79 Å². The summed E-state index contributed by atoms with van der Waals surface area (Å²) < 4.78 is 0. The lowest BCUT2D eigenvalue weighted by atomic mass is 9.26. The number of hydrogen-bond donors (Lipinski definition) is 6. The second-order valence-corrected chi connectivity index (χ2v) is 34.1. The molecule has 4 spiro atoms. The summed E-state index contributed by atoms with van der Waals surface area (Å²) in [6, 6.07) is 30.0. The van der Waals surface area contributed by atoms with Crippen LogP contribution in [0.5, 0.6) is 0 Å². The molecule has 7 nitrogen and oxygen atoms in total. The van der Waals surface area contributed by atoms with E-state index in [0.29, 0.717) is 37.0 Å². The fourth-order valence-corrected chi connectivity index (χ4v) is 27.3. The van der Waals surface area contributed by atoms with Gasteiger partial charge in [-0.25, -0.2) is 0 Å². The molecule has 3 aromatic rings. The summed E-state index contributed by atoms with van der Waals surface area (Å²) in [4.78, 5) is 15.4. The Morgan fingerprint density at radius 3 is 2.45 bits per heavy atom. The molecule has 21 rings (SSSR count). The first-order valence-electron chi connectivity index (χ1n) is 37.2. The number of aliphatic carboxylic acids is 1. The fourth-order valence-electron chi connectivity index (χ4n) is 27.3. The third-order valence-electron chi connectivity index (χ3n) is 30.4. The number of carboxylic acids is 1. The molecule has 92 heavy (non-hydrogen) atoms. The summed E-state index contributed by atoms with van der Waals surface area (Å²) in [5.74, 6) is 1.66. The maximum absolute atomic E-state index is 15.4. The van der Waals surface area contributed by atoms with Crippen LogP contribution in [0.15, 0.2) is 155 Å². The number of dihydropyridines is 1. The lowest BCUT2D eigenvalue weighted by molar-refractivity contribution is -0.208. The first-order valence-corrected chi connectivity index (χ1v) is 37.2. The van der Waals surface area contributed by atoms with Crippen LogP contribution in [0, 0.1) is 96.6 Å². The number of carboxylic acid groups (broad SMARTS) is 1. The van der Waals surface area contributed by atoms with E-state index in [9.17, 15) is 20.4 Å². The molecule has 17 atom stereocenters. The van der Waals surface area contributed by atoms with Crippen molar-refractivity contribution in [2.45, 2.75) is 200 Å². The van der Waals surface area contributed by atoms with Crippen LogP contribution in [-0.2, 0) is 17.6 Å². The van der Waals surface area contributed by atoms with Crippen LogP contribution >= 0.6 is 0 Å². The van der Waals surface area contributed by atoms with Crippen molar-refractivity contribution >= 4 is 23.2 Å². The van der Waals surface area contributed by atoms with Crippen molar-refractivity contribution in [3.05, 3.63) is 182 Å². The number of nitrogens with one attached hydrogen (secondary N) is 2. The highest BCUT2D eigenvalue weighted by atomic mass is 16.4. The van der Waals surface area contributed by atoms with Crippen molar-refractivity contribution in [1.29, 1.82) is 0 Å². The summed E-state index contributed by atoms with van der Waals surface area (Å²) in [7, 11) is 0. The second-order valence-electron chi connectivity index (χ2n) is 34.1. The molecule has 3 aromatic carbocycles. The summed E-state index contributed by atoms with van der Waals surface area (Å²) in [5, 5.41) is 62.2. The van der Waals surface area contributed by atoms with Gasteiger partial charge in [0.25, 0.3) is 0 Å². The lowest BCUT2D eigenvalue weighted by Gasteiger charge is -2.77. The average Bonchev–Trinajstić information content (AvgIpc) is 1.31. The number of rotatable bonds is 6. The van der Waals surface area contributed by atoms with Crippen molar-refractivity contribution in [3.8, 4) is 0 Å². The second kappa shape index (κ2) is 21.7. The van der Waals surface area contributed by atoms with Gasteiger partial charge in [-0.1, -0.05) is 179 Å². The summed E-state index contributed by atoms with van der Waals surface area (Å²) >= 11 is 0. The Balaban J connectivity index is 0.922. The molecule has 0 aromatic heterocycles. The van der Waals surface area contributed by atoms with E-state index in [1.807, 2.05) is 0 Å². The van der Waals surface area contributed by atoms with Gasteiger partial charge in [0.05, 0.1) is 30.2 Å². The smallest absolute Gasteiger partial charge is 0.307 e. The maximum atomic E-state index is 15.4. The highest BCUT2D eigenvalue weighted by molar-refractivity contribution is 5.79. The Hall–Kier alpha value is -5.63. The number of hydrogen-bond acceptors (Lipinski definition) is 6. The van der Waals surface area contributed by atoms with E-state index < -0.39 is 45.8 Å². The van der Waals surface area contributed by atoms with Gasteiger partial charge < -0.3 is 31.1 Å². The SMILES string of the molecule is CC(C)CC1=CC[C@]2(C)[C@@H](O)CC[C@@]34C5=C6C[C@@]1(C=C1C(=c7ccccc7=C[C@@H]13)Cc1cccc(c1)C1=CC=C(NCCC[C@@H](C3CCCCC3)/C(=C/O)CC[C@@H](C(=O)O)[C@]37C=C[C@@H]8[C@]9(CC[C@@H](Cc%10ccccc%10)C9)CC[C@]89CC[C@@H](C5)[C@@]3(C)[C@@]69C[C@H]7O)NC1)[C@@H]24. The van der Waals surface area contributed by atoms with Crippen LogP contribution in [0.25, 0.3) is 17.2 Å². The van der Waals surface area contributed by atoms with E-state index in [1.165, 1.54) is 95.1 Å². The summed E-state index contributed by atoms with van der Waals surface area (Å²) in [5.41, 5.74) is 10.9. The molecule has 6 saturated carbocycles. The number of allylic oxidation sites excluding steroid dienone is 10. The average molecular weight is 1230 g/mol. The van der Waals surface area contributed by atoms with E-state index in [1.54, 1.807) is 16.7 Å². The summed E-state index contributed by atoms with van der Waals surface area (Å²) in [6.45, 7) is 11.5. The van der Waals surface area contributed by atoms with E-state index in [2.05, 4.69) is 160 Å². The normalized spacial score (nSPS) is 42.8. The molecule has 484 valence electrons. The molecule has 0 saturated heterocycles. The Kier molecular flexibility index (Phi) is 14.2. The Bertz CT molecular complexity index is 3870. The van der Waals surface area contributed by atoms with Gasteiger partial charge in [0, 0.05) is 46.1 Å². The van der Waals surface area contributed by atoms with Gasteiger partial charge in [0.15, 0.2) is 0 Å². The summed E-state index contributed by atoms with van der Waals surface area (Å²) in [6.07, 6.45) is 42.8. The molecule has 12 aliphatic carbocycles. The molecule has 6 N–H and O–H groups in total. The predicted molar refractivity (Wildman–Crippen MR) is 368 cm³/mol. The topological polar surface area (TPSA) is 122 Å². The van der Waals surface area contributed by atoms with E-state index in [0.717, 1.165) is 121 Å².